The fourth-order valence-corrected chi connectivity index (χ4v) is 2.41. The van der Waals surface area contributed by atoms with E-state index < -0.39 is 51.0 Å². The normalized spacial score (nSPS) is 15.0. The summed E-state index contributed by atoms with van der Waals surface area (Å²) in [6.45, 7) is 0. The van der Waals surface area contributed by atoms with E-state index in [1.54, 1.807) is 0 Å². The van der Waals surface area contributed by atoms with Crippen LogP contribution < -0.4 is 5.32 Å². The average Bonchev–Trinajstić information content (AvgIpc) is 3.19. The summed E-state index contributed by atoms with van der Waals surface area (Å²) in [5.41, 5.74) is -5.74. The van der Waals surface area contributed by atoms with Gasteiger partial charge in [0, 0.05) is 6.04 Å². The minimum atomic E-state index is -5.17. The molecule has 1 aliphatic rings. The van der Waals surface area contributed by atoms with Gasteiger partial charge in [0.05, 0.1) is 16.8 Å². The SMILES string of the molecule is O=C(S)c1c(C(F)F)nc(C(F)(F)F)c(C(=O)S)c1NC1CC1. The molecule has 0 amide bonds. The largest absolute Gasteiger partial charge is 0.434 e. The summed E-state index contributed by atoms with van der Waals surface area (Å²) in [5, 5.41) is -0.0540. The quantitative estimate of drug-likeness (QED) is 0.544. The van der Waals surface area contributed by atoms with Gasteiger partial charge in [0.15, 0.2) is 5.69 Å². The third-order valence-electron chi connectivity index (χ3n) is 3.05. The first-order valence-corrected chi connectivity index (χ1v) is 7.09. The van der Waals surface area contributed by atoms with Crippen LogP contribution in [0.1, 0.15) is 51.4 Å². The molecule has 0 unspecified atom stereocenters. The molecule has 0 bridgehead atoms. The summed E-state index contributed by atoms with van der Waals surface area (Å²) in [6.07, 6.45) is -7.50. The zero-order valence-corrected chi connectivity index (χ0v) is 12.9. The first-order chi connectivity index (χ1) is 10.5. The van der Waals surface area contributed by atoms with E-state index in [9.17, 15) is 31.5 Å². The molecule has 0 radical (unpaired) electrons. The van der Waals surface area contributed by atoms with Gasteiger partial charge in [-0.2, -0.15) is 13.2 Å². The van der Waals surface area contributed by atoms with E-state index in [2.05, 4.69) is 35.6 Å². The van der Waals surface area contributed by atoms with Crippen molar-refractivity contribution in [1.29, 1.82) is 0 Å². The van der Waals surface area contributed by atoms with E-state index in [1.165, 1.54) is 0 Å². The van der Waals surface area contributed by atoms with Crippen molar-refractivity contribution >= 4 is 41.2 Å². The molecule has 1 heterocycles. The maximum atomic E-state index is 13.1. The molecule has 1 aromatic rings. The van der Waals surface area contributed by atoms with Crippen LogP contribution in [0.4, 0.5) is 27.6 Å². The lowest BCUT2D eigenvalue weighted by Gasteiger charge is -2.20. The van der Waals surface area contributed by atoms with Crippen molar-refractivity contribution < 1.29 is 31.5 Å². The Morgan fingerprint density at radius 1 is 1.13 bits per heavy atom. The lowest BCUT2D eigenvalue weighted by molar-refractivity contribution is -0.141. The van der Waals surface area contributed by atoms with Crippen LogP contribution in [-0.4, -0.2) is 21.3 Å². The van der Waals surface area contributed by atoms with Crippen molar-refractivity contribution in [1.82, 2.24) is 4.98 Å². The summed E-state index contributed by atoms with van der Waals surface area (Å²) in [6, 6.07) is -0.318. The molecule has 1 N–H and O–H groups in total. The third kappa shape index (κ3) is 3.77. The Morgan fingerprint density at radius 3 is 2.00 bits per heavy atom. The third-order valence-corrected chi connectivity index (χ3v) is 3.50. The second kappa shape index (κ2) is 6.27. The zero-order chi connectivity index (χ0) is 17.5. The zero-order valence-electron chi connectivity index (χ0n) is 11.1. The molecule has 1 aromatic heterocycles. The van der Waals surface area contributed by atoms with Gasteiger partial charge >= 0.3 is 6.18 Å². The van der Waals surface area contributed by atoms with Gasteiger partial charge in [0.2, 0.25) is 10.2 Å². The molecule has 4 nitrogen and oxygen atoms in total. The molecule has 0 atom stereocenters. The molecule has 0 aromatic carbocycles. The molecule has 11 heteroatoms. The lowest BCUT2D eigenvalue weighted by atomic mass is 10.0. The molecule has 0 spiro atoms. The second-order valence-corrected chi connectivity index (χ2v) is 5.61. The number of thiol groups is 2. The minimum Gasteiger partial charge on any atom is -0.381 e. The first kappa shape index (κ1) is 18.0. The topological polar surface area (TPSA) is 59.1 Å². The number of nitrogens with zero attached hydrogens (tertiary/aromatic N) is 1. The summed E-state index contributed by atoms with van der Waals surface area (Å²) in [5.74, 6) is 0. The average molecular weight is 372 g/mol. The van der Waals surface area contributed by atoms with Gasteiger partial charge in [0.1, 0.15) is 5.69 Å². The number of halogens is 5. The number of aromatic nitrogens is 1. The predicted molar refractivity (Wildman–Crippen MR) is 77.5 cm³/mol. The molecule has 1 aliphatic carbocycles. The highest BCUT2D eigenvalue weighted by Crippen LogP contribution is 2.41. The smallest absolute Gasteiger partial charge is 0.381 e. The molecular formula is C12H9F5N2O2S2. The summed E-state index contributed by atoms with van der Waals surface area (Å²) in [7, 11) is 0. The van der Waals surface area contributed by atoms with Crippen molar-refractivity contribution in [2.75, 3.05) is 5.32 Å². The number of rotatable bonds is 5. The highest BCUT2D eigenvalue weighted by atomic mass is 32.1. The van der Waals surface area contributed by atoms with Crippen molar-refractivity contribution in [2.24, 2.45) is 0 Å². The Bertz CT molecular complexity index is 674. The van der Waals surface area contributed by atoms with E-state index in [1.807, 2.05) is 0 Å². The fraction of sp³-hybridized carbons (Fsp3) is 0.417. The Kier molecular flexibility index (Phi) is 4.90. The maximum Gasteiger partial charge on any atom is 0.434 e. The van der Waals surface area contributed by atoms with Crippen molar-refractivity contribution in [3.63, 3.8) is 0 Å². The number of nitrogens with one attached hydrogen (secondary N) is 1. The number of alkyl halides is 5. The summed E-state index contributed by atoms with van der Waals surface area (Å²) >= 11 is 6.78. The highest BCUT2D eigenvalue weighted by Gasteiger charge is 2.42. The molecule has 1 saturated carbocycles. The highest BCUT2D eigenvalue weighted by molar-refractivity contribution is 7.97. The summed E-state index contributed by atoms with van der Waals surface area (Å²) in [4.78, 5) is 25.9. The van der Waals surface area contributed by atoms with Crippen LogP contribution in [0.5, 0.6) is 0 Å². The maximum absolute atomic E-state index is 13.1. The van der Waals surface area contributed by atoms with Crippen LogP contribution in [0, 0.1) is 0 Å². The Labute approximate surface area is 137 Å². The number of carbonyl (C=O) groups is 2. The van der Waals surface area contributed by atoms with Gasteiger partial charge in [-0.1, -0.05) is 0 Å². The standard InChI is InChI=1S/C12H9F5N2O2S2/c13-9(14)7-4(10(20)22)6(18-3-1-2-3)5(11(21)23)8(19-7)12(15,16)17/h3,9H,1-2H2,(H,18,19)(H,20,22)(H,21,23). The van der Waals surface area contributed by atoms with E-state index in [4.69, 9.17) is 0 Å². The second-order valence-electron chi connectivity index (χ2n) is 4.80. The van der Waals surface area contributed by atoms with Crippen LogP contribution in [0.2, 0.25) is 0 Å². The summed E-state index contributed by atoms with van der Waals surface area (Å²) < 4.78 is 65.4. The van der Waals surface area contributed by atoms with Gasteiger partial charge in [0.25, 0.3) is 6.43 Å². The molecule has 0 saturated heterocycles. The first-order valence-electron chi connectivity index (χ1n) is 6.20. The van der Waals surface area contributed by atoms with Crippen LogP contribution in [0.15, 0.2) is 0 Å². The number of hydrogen-bond acceptors (Lipinski definition) is 4. The van der Waals surface area contributed by atoms with Crippen LogP contribution in [0.3, 0.4) is 0 Å². The van der Waals surface area contributed by atoms with E-state index in [-0.39, 0.29) is 6.04 Å². The van der Waals surface area contributed by atoms with Crippen molar-refractivity contribution in [2.45, 2.75) is 31.5 Å². The van der Waals surface area contributed by atoms with Crippen molar-refractivity contribution in [3.8, 4) is 0 Å². The fourth-order valence-electron chi connectivity index (χ4n) is 1.97. The number of carbonyl (C=O) groups excluding carboxylic acids is 2. The van der Waals surface area contributed by atoms with Gasteiger partial charge in [-0.15, -0.1) is 25.3 Å². The molecule has 2 rings (SSSR count). The number of hydrogen-bond donors (Lipinski definition) is 3. The molecule has 1 fully saturated rings. The van der Waals surface area contributed by atoms with Crippen molar-refractivity contribution in [3.05, 3.63) is 22.5 Å². The molecule has 0 aliphatic heterocycles. The minimum absolute atomic E-state index is 0.318. The Balaban J connectivity index is 2.87. The van der Waals surface area contributed by atoms with Gasteiger partial charge in [-0.05, 0) is 12.8 Å². The number of anilines is 1. The predicted octanol–water partition coefficient (Wildman–Crippen LogP) is 3.75. The molecule has 23 heavy (non-hydrogen) atoms. The lowest BCUT2D eigenvalue weighted by Crippen LogP contribution is -2.22. The van der Waals surface area contributed by atoms with Crippen LogP contribution in [-0.2, 0) is 6.18 Å². The molecule has 126 valence electrons. The van der Waals surface area contributed by atoms with Gasteiger partial charge in [-0.3, -0.25) is 9.59 Å². The molecular weight excluding hydrogens is 363 g/mol. The van der Waals surface area contributed by atoms with E-state index in [0.717, 1.165) is 0 Å². The van der Waals surface area contributed by atoms with Gasteiger partial charge in [-0.25, -0.2) is 13.8 Å². The number of pyridine rings is 1. The Morgan fingerprint density at radius 2 is 1.65 bits per heavy atom. The van der Waals surface area contributed by atoms with Crippen LogP contribution in [0.25, 0.3) is 0 Å². The Hall–Kier alpha value is -1.36. The van der Waals surface area contributed by atoms with Gasteiger partial charge < -0.3 is 5.32 Å². The van der Waals surface area contributed by atoms with E-state index >= 15 is 0 Å². The monoisotopic (exact) mass is 372 g/mol. The van der Waals surface area contributed by atoms with Crippen LogP contribution >= 0.6 is 25.3 Å². The van der Waals surface area contributed by atoms with E-state index in [0.29, 0.717) is 12.8 Å².